The quantitative estimate of drug-likeness (QED) is 0.538. The molecule has 0 aliphatic heterocycles. The minimum Gasteiger partial charge on any atom is -0.263 e. The van der Waals surface area contributed by atoms with Crippen LogP contribution in [-0.4, -0.2) is 20.2 Å². The Labute approximate surface area is 77.3 Å². The van der Waals surface area contributed by atoms with Gasteiger partial charge in [0, 0.05) is 17.8 Å². The Bertz CT molecular complexity index is 524. The van der Waals surface area contributed by atoms with Crippen LogP contribution in [0.4, 0.5) is 0 Å². The molecular formula is C8H4N4S. The Hall–Kier alpha value is -1.62. The van der Waals surface area contributed by atoms with Crippen molar-refractivity contribution in [2.45, 2.75) is 0 Å². The van der Waals surface area contributed by atoms with Gasteiger partial charge >= 0.3 is 0 Å². The molecule has 0 radical (unpaired) electrons. The first-order valence-electron chi connectivity index (χ1n) is 3.75. The number of hydrogen-bond acceptors (Lipinski definition) is 5. The van der Waals surface area contributed by atoms with Crippen LogP contribution in [-0.2, 0) is 0 Å². The Morgan fingerprint density at radius 3 is 3.31 bits per heavy atom. The SMILES string of the molecule is c1cc2c(cn1)sc1ncnnc12. The number of rotatable bonds is 0. The van der Waals surface area contributed by atoms with Gasteiger partial charge in [-0.2, -0.15) is 0 Å². The van der Waals surface area contributed by atoms with Gasteiger partial charge in [0.15, 0.2) is 0 Å². The number of aromatic nitrogens is 4. The van der Waals surface area contributed by atoms with Crippen molar-refractivity contribution in [3.8, 4) is 0 Å². The molecule has 3 rings (SSSR count). The molecule has 0 spiro atoms. The molecule has 0 unspecified atom stereocenters. The number of hydrogen-bond donors (Lipinski definition) is 0. The van der Waals surface area contributed by atoms with Crippen molar-refractivity contribution in [2.24, 2.45) is 0 Å². The second-order valence-electron chi connectivity index (χ2n) is 2.59. The number of fused-ring (bicyclic) bond motifs is 3. The second-order valence-corrected chi connectivity index (χ2v) is 3.62. The summed E-state index contributed by atoms with van der Waals surface area (Å²) in [4.78, 5) is 9.09. The van der Waals surface area contributed by atoms with E-state index in [-0.39, 0.29) is 0 Å². The summed E-state index contributed by atoms with van der Waals surface area (Å²) in [6.07, 6.45) is 5.04. The summed E-state index contributed by atoms with van der Waals surface area (Å²) in [5.74, 6) is 0. The van der Waals surface area contributed by atoms with Gasteiger partial charge in [0.05, 0.1) is 4.70 Å². The maximum absolute atomic E-state index is 4.14. The highest BCUT2D eigenvalue weighted by atomic mass is 32.1. The molecule has 0 fully saturated rings. The summed E-state index contributed by atoms with van der Waals surface area (Å²) in [5, 5.41) is 8.88. The number of pyridine rings is 1. The molecule has 0 saturated carbocycles. The lowest BCUT2D eigenvalue weighted by Crippen LogP contribution is -1.81. The molecule has 0 atom stereocenters. The fraction of sp³-hybridized carbons (Fsp3) is 0. The van der Waals surface area contributed by atoms with Gasteiger partial charge in [0.25, 0.3) is 0 Å². The van der Waals surface area contributed by atoms with E-state index < -0.39 is 0 Å². The molecule has 0 N–H and O–H groups in total. The maximum Gasteiger partial charge on any atom is 0.146 e. The molecule has 3 aromatic rings. The predicted octanol–water partition coefficient (Wildman–Crippen LogP) is 1.63. The van der Waals surface area contributed by atoms with Crippen LogP contribution in [0.15, 0.2) is 24.8 Å². The molecule has 5 heteroatoms. The largest absolute Gasteiger partial charge is 0.263 e. The third kappa shape index (κ3) is 0.905. The normalized spacial score (nSPS) is 11.1. The first-order chi connectivity index (χ1) is 6.45. The molecule has 0 saturated heterocycles. The van der Waals surface area contributed by atoms with Gasteiger partial charge in [0.1, 0.15) is 16.7 Å². The summed E-state index contributed by atoms with van der Waals surface area (Å²) in [7, 11) is 0. The minimum atomic E-state index is 0.866. The summed E-state index contributed by atoms with van der Waals surface area (Å²) in [6.45, 7) is 0. The van der Waals surface area contributed by atoms with Gasteiger partial charge < -0.3 is 0 Å². The van der Waals surface area contributed by atoms with Crippen LogP contribution in [0.25, 0.3) is 20.4 Å². The standard InChI is InChI=1S/C8H4N4S/c1-2-9-3-6-5(1)7-8(13-6)10-4-11-12-7/h1-4H. The van der Waals surface area contributed by atoms with Gasteiger partial charge in [-0.15, -0.1) is 21.5 Å². The van der Waals surface area contributed by atoms with E-state index in [2.05, 4.69) is 20.2 Å². The van der Waals surface area contributed by atoms with E-state index in [1.165, 1.54) is 6.33 Å². The van der Waals surface area contributed by atoms with Crippen LogP contribution < -0.4 is 0 Å². The lowest BCUT2D eigenvalue weighted by atomic mass is 10.3. The molecule has 0 aliphatic rings. The monoisotopic (exact) mass is 188 g/mol. The van der Waals surface area contributed by atoms with Gasteiger partial charge in [-0.1, -0.05) is 0 Å². The van der Waals surface area contributed by atoms with Gasteiger partial charge in [0.2, 0.25) is 0 Å². The van der Waals surface area contributed by atoms with Crippen LogP contribution in [0.1, 0.15) is 0 Å². The Morgan fingerprint density at radius 2 is 2.31 bits per heavy atom. The van der Waals surface area contributed by atoms with Crippen molar-refractivity contribution in [3.05, 3.63) is 24.8 Å². The summed E-state index contributed by atoms with van der Waals surface area (Å²) >= 11 is 1.59. The lowest BCUT2D eigenvalue weighted by Gasteiger charge is -1.85. The molecule has 13 heavy (non-hydrogen) atoms. The fourth-order valence-electron chi connectivity index (χ4n) is 1.27. The van der Waals surface area contributed by atoms with E-state index in [0.717, 1.165) is 20.4 Å². The fourth-order valence-corrected chi connectivity index (χ4v) is 2.21. The first-order valence-corrected chi connectivity index (χ1v) is 4.57. The average Bonchev–Trinajstić information content (AvgIpc) is 2.56. The van der Waals surface area contributed by atoms with Crippen LogP contribution in [0.3, 0.4) is 0 Å². The molecule has 0 aromatic carbocycles. The van der Waals surface area contributed by atoms with Gasteiger partial charge in [-0.3, -0.25) is 4.98 Å². The molecule has 0 amide bonds. The van der Waals surface area contributed by atoms with Crippen molar-refractivity contribution in [2.75, 3.05) is 0 Å². The molecule has 4 nitrogen and oxygen atoms in total. The highest BCUT2D eigenvalue weighted by Gasteiger charge is 2.05. The number of thiophene rings is 1. The van der Waals surface area contributed by atoms with E-state index in [1.807, 2.05) is 12.3 Å². The summed E-state index contributed by atoms with van der Waals surface area (Å²) in [6, 6.07) is 1.94. The van der Waals surface area contributed by atoms with Gasteiger partial charge in [-0.25, -0.2) is 4.98 Å². The van der Waals surface area contributed by atoms with Crippen LogP contribution >= 0.6 is 11.3 Å². The van der Waals surface area contributed by atoms with E-state index in [0.29, 0.717) is 0 Å². The van der Waals surface area contributed by atoms with Crippen molar-refractivity contribution in [1.82, 2.24) is 20.2 Å². The number of nitrogens with zero attached hydrogens (tertiary/aromatic N) is 4. The van der Waals surface area contributed by atoms with Crippen molar-refractivity contribution >= 4 is 31.8 Å². The third-order valence-electron chi connectivity index (χ3n) is 1.83. The maximum atomic E-state index is 4.14. The topological polar surface area (TPSA) is 51.6 Å². The Morgan fingerprint density at radius 1 is 1.31 bits per heavy atom. The minimum absolute atomic E-state index is 0.866. The molecule has 62 valence electrons. The van der Waals surface area contributed by atoms with E-state index in [9.17, 15) is 0 Å². The zero-order valence-corrected chi connectivity index (χ0v) is 7.32. The Kier molecular flexibility index (Phi) is 1.28. The Balaban J connectivity index is 2.64. The predicted molar refractivity (Wildman–Crippen MR) is 50.5 cm³/mol. The lowest BCUT2D eigenvalue weighted by molar-refractivity contribution is 1.03. The molecule has 0 bridgehead atoms. The smallest absolute Gasteiger partial charge is 0.146 e. The van der Waals surface area contributed by atoms with E-state index >= 15 is 0 Å². The van der Waals surface area contributed by atoms with Crippen LogP contribution in [0.5, 0.6) is 0 Å². The molecule has 3 heterocycles. The first kappa shape index (κ1) is 6.85. The van der Waals surface area contributed by atoms with Crippen molar-refractivity contribution < 1.29 is 0 Å². The highest BCUT2D eigenvalue weighted by Crippen LogP contribution is 2.28. The van der Waals surface area contributed by atoms with Crippen LogP contribution in [0, 0.1) is 0 Å². The third-order valence-corrected chi connectivity index (χ3v) is 2.87. The zero-order chi connectivity index (χ0) is 8.67. The second kappa shape index (κ2) is 2.43. The summed E-state index contributed by atoms with van der Waals surface area (Å²) < 4.78 is 1.10. The van der Waals surface area contributed by atoms with E-state index in [1.54, 1.807) is 17.5 Å². The molecule has 0 aliphatic carbocycles. The summed E-state index contributed by atoms with van der Waals surface area (Å²) in [5.41, 5.74) is 0.866. The van der Waals surface area contributed by atoms with E-state index in [4.69, 9.17) is 0 Å². The molecule has 3 aromatic heterocycles. The van der Waals surface area contributed by atoms with Crippen LogP contribution in [0.2, 0.25) is 0 Å². The van der Waals surface area contributed by atoms with Crippen molar-refractivity contribution in [3.63, 3.8) is 0 Å². The van der Waals surface area contributed by atoms with Gasteiger partial charge in [-0.05, 0) is 6.07 Å². The molecular weight excluding hydrogens is 184 g/mol. The average molecular weight is 188 g/mol. The zero-order valence-electron chi connectivity index (χ0n) is 6.51. The van der Waals surface area contributed by atoms with Crippen molar-refractivity contribution in [1.29, 1.82) is 0 Å². The highest BCUT2D eigenvalue weighted by molar-refractivity contribution is 7.25.